The smallest absolute Gasteiger partial charge is 0.246 e. The number of rotatable bonds is 4. The maximum Gasteiger partial charge on any atom is 0.246 e. The molecule has 1 unspecified atom stereocenters. The first kappa shape index (κ1) is 12.9. The Morgan fingerprint density at radius 2 is 2.22 bits per heavy atom. The molecule has 0 spiro atoms. The van der Waals surface area contributed by atoms with Crippen molar-refractivity contribution < 1.29 is 9.59 Å². The van der Waals surface area contributed by atoms with Crippen molar-refractivity contribution in [3.05, 3.63) is 28.8 Å². The van der Waals surface area contributed by atoms with E-state index in [1.54, 1.807) is 18.2 Å². The predicted octanol–water partition coefficient (Wildman–Crippen LogP) is 1.06. The second-order valence-electron chi connectivity index (χ2n) is 4.09. The summed E-state index contributed by atoms with van der Waals surface area (Å²) in [6, 6.07) is 4.88. The Morgan fingerprint density at radius 3 is 2.94 bits per heavy atom. The average Bonchev–Trinajstić information content (AvgIpc) is 2.60. The highest BCUT2D eigenvalue weighted by Gasteiger charge is 2.29. The summed E-state index contributed by atoms with van der Waals surface area (Å²) in [4.78, 5) is 22.5. The van der Waals surface area contributed by atoms with Crippen LogP contribution in [0.4, 0.5) is 5.69 Å². The molecule has 1 aromatic carbocycles. The number of carbonyl (C=O) groups excluding carboxylic acids is 2. The van der Waals surface area contributed by atoms with Crippen molar-refractivity contribution in [1.82, 2.24) is 10.6 Å². The van der Waals surface area contributed by atoms with Gasteiger partial charge in [-0.3, -0.25) is 9.59 Å². The number of fused-ring (bicyclic) bond motifs is 1. The van der Waals surface area contributed by atoms with Gasteiger partial charge in [0.25, 0.3) is 0 Å². The van der Waals surface area contributed by atoms with Crippen LogP contribution in [-0.4, -0.2) is 24.9 Å². The molecule has 0 saturated carbocycles. The zero-order valence-electron chi connectivity index (χ0n) is 9.92. The zero-order valence-corrected chi connectivity index (χ0v) is 10.7. The summed E-state index contributed by atoms with van der Waals surface area (Å²) >= 11 is 5.92. The van der Waals surface area contributed by atoms with E-state index >= 15 is 0 Å². The number of anilines is 1. The molecule has 0 aromatic heterocycles. The van der Waals surface area contributed by atoms with Crippen LogP contribution in [0.25, 0.3) is 0 Å². The molecule has 1 heterocycles. The number of hydrogen-bond donors (Lipinski definition) is 3. The van der Waals surface area contributed by atoms with Gasteiger partial charge in [-0.15, -0.1) is 0 Å². The summed E-state index contributed by atoms with van der Waals surface area (Å²) in [5, 5.41) is 9.12. The highest BCUT2D eigenvalue weighted by molar-refractivity contribution is 6.31. The second kappa shape index (κ2) is 5.37. The monoisotopic (exact) mass is 267 g/mol. The quantitative estimate of drug-likeness (QED) is 0.715. The maximum absolute atomic E-state index is 11.8. The molecule has 2 rings (SSSR count). The van der Waals surface area contributed by atoms with Crippen molar-refractivity contribution in [3.63, 3.8) is 0 Å². The van der Waals surface area contributed by atoms with Crippen LogP contribution in [-0.2, 0) is 9.59 Å². The van der Waals surface area contributed by atoms with Crippen molar-refractivity contribution in [3.8, 4) is 0 Å². The Balaban J connectivity index is 1.99. The van der Waals surface area contributed by atoms with E-state index in [0.717, 1.165) is 11.3 Å². The van der Waals surface area contributed by atoms with Crippen LogP contribution in [0, 0.1) is 0 Å². The second-order valence-corrected chi connectivity index (χ2v) is 4.53. The molecule has 3 N–H and O–H groups in total. The third kappa shape index (κ3) is 2.80. The summed E-state index contributed by atoms with van der Waals surface area (Å²) < 4.78 is 0. The number of benzene rings is 1. The molecule has 0 bridgehead atoms. The molecule has 2 amide bonds. The van der Waals surface area contributed by atoms with Crippen molar-refractivity contribution in [1.29, 1.82) is 0 Å². The Morgan fingerprint density at radius 1 is 1.44 bits per heavy atom. The highest BCUT2D eigenvalue weighted by Crippen LogP contribution is 2.32. The molecular weight excluding hydrogens is 254 g/mol. The normalized spacial score (nSPS) is 17.2. The largest absolute Gasteiger partial charge is 0.355 e. The molecule has 1 atom stereocenters. The molecule has 6 heteroatoms. The van der Waals surface area contributed by atoms with Gasteiger partial charge in [0.1, 0.15) is 6.04 Å². The van der Waals surface area contributed by atoms with E-state index in [-0.39, 0.29) is 11.8 Å². The van der Waals surface area contributed by atoms with E-state index in [0.29, 0.717) is 18.1 Å². The average molecular weight is 268 g/mol. The van der Waals surface area contributed by atoms with Crippen LogP contribution >= 0.6 is 11.6 Å². The van der Waals surface area contributed by atoms with Crippen LogP contribution in [0.15, 0.2) is 18.2 Å². The number of nitrogens with one attached hydrogen (secondary N) is 3. The van der Waals surface area contributed by atoms with Crippen LogP contribution in [0.3, 0.4) is 0 Å². The van der Waals surface area contributed by atoms with E-state index in [2.05, 4.69) is 16.0 Å². The fraction of sp³-hybridized carbons (Fsp3) is 0.333. The summed E-state index contributed by atoms with van der Waals surface area (Å²) in [6.45, 7) is 2.45. The number of hydrogen-bond acceptors (Lipinski definition) is 3. The Bertz CT molecular complexity index is 490. The molecule has 96 valence electrons. The third-order valence-electron chi connectivity index (χ3n) is 2.69. The molecule has 1 aliphatic rings. The van der Waals surface area contributed by atoms with E-state index in [4.69, 9.17) is 11.6 Å². The lowest BCUT2D eigenvalue weighted by Crippen LogP contribution is -2.34. The lowest BCUT2D eigenvalue weighted by Gasteiger charge is -2.11. The van der Waals surface area contributed by atoms with Gasteiger partial charge in [0.2, 0.25) is 11.8 Å². The third-order valence-corrected chi connectivity index (χ3v) is 2.93. The van der Waals surface area contributed by atoms with Crippen molar-refractivity contribution in [2.24, 2.45) is 0 Å². The molecule has 1 aliphatic heterocycles. The van der Waals surface area contributed by atoms with Gasteiger partial charge < -0.3 is 16.0 Å². The fourth-order valence-corrected chi connectivity index (χ4v) is 2.07. The summed E-state index contributed by atoms with van der Waals surface area (Å²) in [6.07, 6.45) is 0. The summed E-state index contributed by atoms with van der Waals surface area (Å²) in [7, 11) is 0. The predicted molar refractivity (Wildman–Crippen MR) is 69.5 cm³/mol. The molecule has 0 aliphatic carbocycles. The van der Waals surface area contributed by atoms with E-state index in [9.17, 15) is 9.59 Å². The minimum atomic E-state index is -0.410. The van der Waals surface area contributed by atoms with Gasteiger partial charge in [-0.25, -0.2) is 0 Å². The maximum atomic E-state index is 11.8. The minimum Gasteiger partial charge on any atom is -0.355 e. The molecule has 18 heavy (non-hydrogen) atoms. The summed E-state index contributed by atoms with van der Waals surface area (Å²) in [5.41, 5.74) is 1.62. The number of halogens is 1. The van der Waals surface area contributed by atoms with Gasteiger partial charge in [-0.05, 0) is 18.2 Å². The topological polar surface area (TPSA) is 70.2 Å². The number of carbonyl (C=O) groups is 2. The SMILES string of the molecule is CC(=O)NCCNC1C(=O)Nc2ccc(Cl)cc21. The van der Waals surface area contributed by atoms with Gasteiger partial charge in [0, 0.05) is 36.3 Å². The van der Waals surface area contributed by atoms with Crippen LogP contribution in [0.5, 0.6) is 0 Å². The molecule has 1 aromatic rings. The Hall–Kier alpha value is -1.59. The Labute approximate surface area is 110 Å². The first-order valence-corrected chi connectivity index (χ1v) is 6.04. The molecule has 0 saturated heterocycles. The first-order chi connectivity index (χ1) is 8.58. The van der Waals surface area contributed by atoms with Gasteiger partial charge in [-0.2, -0.15) is 0 Å². The van der Waals surface area contributed by atoms with Crippen LogP contribution in [0.1, 0.15) is 18.5 Å². The lowest BCUT2D eigenvalue weighted by molar-refractivity contribution is -0.118. The first-order valence-electron chi connectivity index (χ1n) is 5.66. The molecule has 5 nitrogen and oxygen atoms in total. The van der Waals surface area contributed by atoms with E-state index in [1.807, 2.05) is 0 Å². The van der Waals surface area contributed by atoms with Crippen molar-refractivity contribution in [2.75, 3.05) is 18.4 Å². The van der Waals surface area contributed by atoms with Crippen molar-refractivity contribution >= 4 is 29.1 Å². The van der Waals surface area contributed by atoms with Crippen molar-refractivity contribution in [2.45, 2.75) is 13.0 Å². The molecule has 0 fully saturated rings. The van der Waals surface area contributed by atoms with Gasteiger partial charge in [0.05, 0.1) is 0 Å². The minimum absolute atomic E-state index is 0.0869. The van der Waals surface area contributed by atoms with E-state index < -0.39 is 6.04 Å². The van der Waals surface area contributed by atoms with Gasteiger partial charge >= 0.3 is 0 Å². The Kier molecular flexibility index (Phi) is 3.84. The van der Waals surface area contributed by atoms with Crippen LogP contribution in [0.2, 0.25) is 5.02 Å². The number of amides is 2. The lowest BCUT2D eigenvalue weighted by atomic mass is 10.1. The van der Waals surface area contributed by atoms with E-state index in [1.165, 1.54) is 6.92 Å². The van der Waals surface area contributed by atoms with Gasteiger partial charge in [0.15, 0.2) is 0 Å². The highest BCUT2D eigenvalue weighted by atomic mass is 35.5. The molecule has 0 radical (unpaired) electrons. The zero-order chi connectivity index (χ0) is 13.1. The van der Waals surface area contributed by atoms with Gasteiger partial charge in [-0.1, -0.05) is 11.6 Å². The molecular formula is C12H14ClN3O2. The van der Waals surface area contributed by atoms with Crippen LogP contribution < -0.4 is 16.0 Å². The standard InChI is InChI=1S/C12H14ClN3O2/c1-7(17)14-4-5-15-11-9-6-8(13)2-3-10(9)16-12(11)18/h2-3,6,11,15H,4-5H2,1H3,(H,14,17)(H,16,18). The summed E-state index contributed by atoms with van der Waals surface area (Å²) in [5.74, 6) is -0.189. The fourth-order valence-electron chi connectivity index (χ4n) is 1.89.